The largest absolute Gasteiger partial charge is 0.456 e. The normalized spacial score (nSPS) is 17.2. The van der Waals surface area contributed by atoms with Gasteiger partial charge in [0.1, 0.15) is 33.5 Å². The van der Waals surface area contributed by atoms with Crippen molar-refractivity contribution in [3.8, 4) is 66.8 Å². The van der Waals surface area contributed by atoms with E-state index in [9.17, 15) is 0 Å². The molecule has 6 aliphatic carbocycles. The molecule has 0 N–H and O–H groups in total. The molecule has 0 atom stereocenters. The van der Waals surface area contributed by atoms with Crippen LogP contribution < -0.4 is 4.90 Å². The van der Waals surface area contributed by atoms with Gasteiger partial charge < -0.3 is 18.2 Å². The topological polar surface area (TPSA) is 42.7 Å². The second-order valence-corrected chi connectivity index (χ2v) is 31.4. The van der Waals surface area contributed by atoms with Crippen LogP contribution in [-0.4, -0.2) is 0 Å². The highest BCUT2D eigenvalue weighted by Crippen LogP contribution is 2.67. The summed E-state index contributed by atoms with van der Waals surface area (Å²) in [6, 6.07) is 76.0. The van der Waals surface area contributed by atoms with Gasteiger partial charge in [0.2, 0.25) is 0 Å². The first-order valence-electron chi connectivity index (χ1n) is 33.8. The molecule has 21 rings (SSSR count). The molecule has 4 nitrogen and oxygen atoms in total. The van der Waals surface area contributed by atoms with Crippen LogP contribution in [-0.2, 0) is 32.5 Å². The summed E-state index contributed by atoms with van der Waals surface area (Å²) in [5.41, 5.74) is 39.0. The summed E-state index contributed by atoms with van der Waals surface area (Å²) in [5.74, 6) is 0. The number of hydrogen-bond donors (Lipinski definition) is 0. The van der Waals surface area contributed by atoms with E-state index in [1.807, 2.05) is 0 Å². The van der Waals surface area contributed by atoms with Crippen LogP contribution in [0.4, 0.5) is 17.1 Å². The van der Waals surface area contributed by atoms with E-state index in [-0.39, 0.29) is 21.7 Å². The summed E-state index contributed by atoms with van der Waals surface area (Å²) >= 11 is 0. The number of anilines is 3. The zero-order chi connectivity index (χ0) is 63.5. The highest BCUT2D eigenvalue weighted by atomic mass is 16.3. The minimum Gasteiger partial charge on any atom is -0.456 e. The number of furan rings is 3. The highest BCUT2D eigenvalue weighted by Gasteiger charge is 2.52. The van der Waals surface area contributed by atoms with E-state index < -0.39 is 10.8 Å². The van der Waals surface area contributed by atoms with Crippen molar-refractivity contribution in [2.75, 3.05) is 4.90 Å². The Morgan fingerprint density at radius 3 is 1.11 bits per heavy atom. The molecule has 94 heavy (non-hydrogen) atoms. The third kappa shape index (κ3) is 6.07. The average molecular weight is 1210 g/mol. The molecule has 12 aromatic carbocycles. The molecule has 0 saturated carbocycles. The molecule has 4 heteroatoms. The SMILES string of the molecule is CC1(C)c2cc(N(c3ccc4c(c3)C(C)(C)c3c5c(c6oc7ccccc7c6c3-4)-c3ccccc3C5(C)C)c3ccc4c(c3)C(C)(C)c3c5c(c6oc7ccccc7c6c3-4)-c3ccccc3C5(C)C)ccc2-c2cc3c(cc21)-c1c(ccc2oc4ccccc4c12)C3(C)C. The Labute approximate surface area is 547 Å². The number of nitrogens with zero attached hydrogens (tertiary/aromatic N) is 1. The lowest BCUT2D eigenvalue weighted by atomic mass is 9.72. The predicted molar refractivity (Wildman–Crippen MR) is 388 cm³/mol. The molecule has 15 aromatic rings. The van der Waals surface area contributed by atoms with Gasteiger partial charge in [0, 0.05) is 93.0 Å². The van der Waals surface area contributed by atoms with Crippen LogP contribution in [0.15, 0.2) is 213 Å². The minimum atomic E-state index is -0.393. The highest BCUT2D eigenvalue weighted by molar-refractivity contribution is 6.23. The van der Waals surface area contributed by atoms with Crippen LogP contribution in [0.1, 0.15) is 150 Å². The minimum absolute atomic E-state index is 0.218. The lowest BCUT2D eigenvalue weighted by molar-refractivity contribution is 0.600. The first-order chi connectivity index (χ1) is 45.2. The Morgan fingerprint density at radius 2 is 0.596 bits per heavy atom. The molecule has 0 unspecified atom stereocenters. The summed E-state index contributed by atoms with van der Waals surface area (Å²) in [5, 5.41) is 7.15. The van der Waals surface area contributed by atoms with Gasteiger partial charge in [-0.05, 0) is 195 Å². The van der Waals surface area contributed by atoms with Gasteiger partial charge in [0.15, 0.2) is 0 Å². The molecule has 3 aromatic heterocycles. The Kier molecular flexibility index (Phi) is 9.53. The lowest BCUT2D eigenvalue weighted by Gasteiger charge is -2.33. The predicted octanol–water partition coefficient (Wildman–Crippen LogP) is 24.7. The van der Waals surface area contributed by atoms with E-state index in [4.69, 9.17) is 13.3 Å². The molecule has 0 aliphatic heterocycles. The molecule has 0 amide bonds. The molecule has 0 spiro atoms. The molecule has 452 valence electrons. The summed E-state index contributed by atoms with van der Waals surface area (Å²) in [4.78, 5) is 2.60. The molecule has 6 aliphatic rings. The van der Waals surface area contributed by atoms with Gasteiger partial charge in [-0.3, -0.25) is 0 Å². The van der Waals surface area contributed by atoms with Gasteiger partial charge in [0.25, 0.3) is 0 Å². The molecule has 3 heterocycles. The maximum absolute atomic E-state index is 7.14. The van der Waals surface area contributed by atoms with Crippen molar-refractivity contribution < 1.29 is 13.3 Å². The van der Waals surface area contributed by atoms with Crippen LogP contribution >= 0.6 is 0 Å². The fourth-order valence-corrected chi connectivity index (χ4v) is 20.2. The number of benzene rings is 12. The van der Waals surface area contributed by atoms with E-state index in [1.54, 1.807) is 0 Å². The fraction of sp³-hybridized carbons (Fsp3) is 0.200. The van der Waals surface area contributed by atoms with Crippen LogP contribution in [0.3, 0.4) is 0 Å². The van der Waals surface area contributed by atoms with Gasteiger partial charge in [-0.2, -0.15) is 0 Å². The van der Waals surface area contributed by atoms with Gasteiger partial charge in [-0.15, -0.1) is 0 Å². The van der Waals surface area contributed by atoms with Gasteiger partial charge >= 0.3 is 0 Å². The number of para-hydroxylation sites is 3. The van der Waals surface area contributed by atoms with E-state index >= 15 is 0 Å². The number of rotatable bonds is 3. The summed E-state index contributed by atoms with van der Waals surface area (Å²) in [6.45, 7) is 29.4. The Morgan fingerprint density at radius 1 is 0.234 bits per heavy atom. The molecule has 0 fully saturated rings. The zero-order valence-corrected chi connectivity index (χ0v) is 55.2. The maximum Gasteiger partial charge on any atom is 0.144 e. The molecule has 0 radical (unpaired) electrons. The Balaban J connectivity index is 0.794. The Bertz CT molecular complexity index is 5860. The van der Waals surface area contributed by atoms with Gasteiger partial charge in [-0.25, -0.2) is 0 Å². The first kappa shape index (κ1) is 53.4. The van der Waals surface area contributed by atoms with Crippen molar-refractivity contribution in [3.05, 3.63) is 267 Å². The van der Waals surface area contributed by atoms with Crippen LogP contribution in [0, 0.1) is 0 Å². The van der Waals surface area contributed by atoms with Crippen molar-refractivity contribution in [1.82, 2.24) is 0 Å². The van der Waals surface area contributed by atoms with Crippen molar-refractivity contribution in [1.29, 1.82) is 0 Å². The fourth-order valence-electron chi connectivity index (χ4n) is 20.2. The Hall–Kier alpha value is -10.2. The molecular formula is C90H69NO3. The maximum atomic E-state index is 7.14. The van der Waals surface area contributed by atoms with Crippen molar-refractivity contribution >= 4 is 82.9 Å². The third-order valence-corrected chi connectivity index (χ3v) is 24.5. The molecule has 0 bridgehead atoms. The van der Waals surface area contributed by atoms with E-state index in [0.29, 0.717) is 0 Å². The molecule has 0 saturated heterocycles. The second kappa shape index (κ2) is 16.8. The monoisotopic (exact) mass is 1210 g/mol. The van der Waals surface area contributed by atoms with Crippen molar-refractivity contribution in [2.45, 2.75) is 116 Å². The third-order valence-electron chi connectivity index (χ3n) is 24.5. The smallest absolute Gasteiger partial charge is 0.144 e. The first-order valence-corrected chi connectivity index (χ1v) is 33.8. The standard InChI is InChI=1S/C90H69NO3/c1-85(2)61-39-40-70-72(54-25-15-20-30-67(54)92-70)71(61)58-45-65-57(44-66(58)85)49-36-33-46(41-62(49)86(65,3)4)91(47-34-37-52-63(42-47)89(9,10)79-73(52)75-55-26-16-21-31-68(55)93-83(75)77-50-23-13-18-28-59(50)87(5,6)81(77)79)48-35-38-53-64(43-48)90(11,12)80-74(53)76-56-27-17-22-32-69(56)94-84(76)78-51-24-14-19-29-60(51)88(7,8)82(78)80/h13-45H,1-12H3. The second-order valence-electron chi connectivity index (χ2n) is 31.4. The summed E-state index contributed by atoms with van der Waals surface area (Å²) in [7, 11) is 0. The number of hydrogen-bond acceptors (Lipinski definition) is 4. The summed E-state index contributed by atoms with van der Waals surface area (Å²) in [6.07, 6.45) is 0. The average Bonchev–Trinajstić information content (AvgIpc) is 1.51. The van der Waals surface area contributed by atoms with Crippen LogP contribution in [0.2, 0.25) is 0 Å². The van der Waals surface area contributed by atoms with Gasteiger partial charge in [-0.1, -0.05) is 210 Å². The summed E-state index contributed by atoms with van der Waals surface area (Å²) < 4.78 is 20.9. The van der Waals surface area contributed by atoms with Gasteiger partial charge in [0.05, 0.1) is 0 Å². The van der Waals surface area contributed by atoms with E-state index in [1.165, 1.54) is 155 Å². The quantitative estimate of drug-likeness (QED) is 0.177. The molecular weight excluding hydrogens is 1140 g/mol. The van der Waals surface area contributed by atoms with Crippen molar-refractivity contribution in [2.24, 2.45) is 0 Å². The van der Waals surface area contributed by atoms with E-state index in [2.05, 4.69) is 288 Å². The zero-order valence-electron chi connectivity index (χ0n) is 55.2. The van der Waals surface area contributed by atoms with Crippen LogP contribution in [0.5, 0.6) is 0 Å². The van der Waals surface area contributed by atoms with Crippen molar-refractivity contribution in [3.63, 3.8) is 0 Å². The lowest BCUT2D eigenvalue weighted by Crippen LogP contribution is -2.24. The van der Waals surface area contributed by atoms with E-state index in [0.717, 1.165) is 61.3 Å². The number of fused-ring (bicyclic) bond motifs is 34. The van der Waals surface area contributed by atoms with Crippen LogP contribution in [0.25, 0.3) is 133 Å².